The van der Waals surface area contributed by atoms with Crippen molar-refractivity contribution in [1.29, 1.82) is 0 Å². The number of aromatic nitrogens is 1. The van der Waals surface area contributed by atoms with E-state index in [0.717, 1.165) is 6.07 Å². The molecule has 0 aromatic carbocycles. The summed E-state index contributed by atoms with van der Waals surface area (Å²) in [5.41, 5.74) is 5.71. The highest BCUT2D eigenvalue weighted by molar-refractivity contribution is 6.01. The zero-order valence-corrected chi connectivity index (χ0v) is 10.7. The molecule has 21 heavy (non-hydrogen) atoms. The average Bonchev–Trinajstić information content (AvgIpc) is 2.95. The molecule has 2 heterocycles. The largest absolute Gasteiger partial charge is 0.433 e. The van der Waals surface area contributed by atoms with Crippen LogP contribution in [0.1, 0.15) is 16.2 Å². The molecule has 3 N–H and O–H groups in total. The van der Waals surface area contributed by atoms with Crippen LogP contribution in [-0.4, -0.2) is 22.4 Å². The van der Waals surface area contributed by atoms with Crippen LogP contribution >= 0.6 is 0 Å². The van der Waals surface area contributed by atoms with E-state index in [9.17, 15) is 14.9 Å². The third-order valence-electron chi connectivity index (χ3n) is 2.30. The summed E-state index contributed by atoms with van der Waals surface area (Å²) in [6.07, 6.45) is 0. The van der Waals surface area contributed by atoms with Crippen molar-refractivity contribution in [1.82, 2.24) is 4.98 Å². The Hall–Kier alpha value is -3.18. The van der Waals surface area contributed by atoms with Gasteiger partial charge in [-0.15, -0.1) is 0 Å². The second-order valence-corrected chi connectivity index (χ2v) is 3.76. The van der Waals surface area contributed by atoms with Crippen molar-refractivity contribution in [2.24, 2.45) is 5.73 Å². The number of nitrogens with one attached hydrogen (secondary N) is 1. The molecule has 0 radical (unpaired) electrons. The first-order valence-corrected chi connectivity index (χ1v) is 5.81. The van der Waals surface area contributed by atoms with Crippen molar-refractivity contribution < 1.29 is 14.1 Å². The van der Waals surface area contributed by atoms with E-state index < -0.39 is 16.7 Å². The van der Waals surface area contributed by atoms with Gasteiger partial charge in [-0.25, -0.2) is 4.98 Å². The summed E-state index contributed by atoms with van der Waals surface area (Å²) in [5, 5.41) is 12.9. The molecule has 106 valence electrons. The molecule has 0 atom stereocenters. The number of hydrogen-bond donors (Lipinski definition) is 2. The fraction of sp³-hybridized carbons (Fsp3) is 0.0769. The fourth-order valence-electron chi connectivity index (χ4n) is 1.44. The van der Waals surface area contributed by atoms with E-state index in [2.05, 4.69) is 22.1 Å². The van der Waals surface area contributed by atoms with E-state index in [4.69, 9.17) is 10.2 Å². The van der Waals surface area contributed by atoms with Crippen molar-refractivity contribution in [3.05, 3.63) is 51.9 Å². The van der Waals surface area contributed by atoms with Crippen LogP contribution in [0.15, 0.2) is 34.7 Å². The smallest absolute Gasteiger partial charge is 0.395 e. The minimum absolute atomic E-state index is 0.179. The average molecular weight is 286 g/mol. The molecule has 8 heteroatoms. The molecule has 2 rings (SSSR count). The number of carbonyl (C=O) groups is 1. The van der Waals surface area contributed by atoms with Gasteiger partial charge in [0.15, 0.2) is 5.76 Å². The number of carbonyl (C=O) groups excluding carboxylic acids is 1. The van der Waals surface area contributed by atoms with E-state index >= 15 is 0 Å². The van der Waals surface area contributed by atoms with Gasteiger partial charge >= 0.3 is 5.88 Å². The Balaban J connectivity index is 2.13. The monoisotopic (exact) mass is 286 g/mol. The lowest BCUT2D eigenvalue weighted by Gasteiger charge is -2.01. The van der Waals surface area contributed by atoms with Crippen LogP contribution in [0, 0.1) is 22.0 Å². The third-order valence-corrected chi connectivity index (χ3v) is 2.30. The highest BCUT2D eigenvalue weighted by atomic mass is 16.6. The van der Waals surface area contributed by atoms with Crippen LogP contribution in [0.2, 0.25) is 0 Å². The lowest BCUT2D eigenvalue weighted by atomic mass is 10.3. The predicted molar refractivity (Wildman–Crippen MR) is 73.5 cm³/mol. The Morgan fingerprint density at radius 3 is 2.90 bits per heavy atom. The summed E-state index contributed by atoms with van der Waals surface area (Å²) >= 11 is 0. The van der Waals surface area contributed by atoms with E-state index in [1.807, 2.05) is 0 Å². The van der Waals surface area contributed by atoms with Crippen LogP contribution in [0.3, 0.4) is 0 Å². The van der Waals surface area contributed by atoms with Crippen molar-refractivity contribution in [3.63, 3.8) is 0 Å². The first-order chi connectivity index (χ1) is 10.1. The van der Waals surface area contributed by atoms with E-state index in [-0.39, 0.29) is 18.1 Å². The molecular formula is C13H10N4O4. The molecule has 8 nitrogen and oxygen atoms in total. The Bertz CT molecular complexity index is 742. The standard InChI is InChI=1S/C13H10N4O4/c14-8-2-4-9-3-1-5-11(15-9)16-13(18)10-6-7-12(21-10)17(19)20/h1,3,5-7H,8,14H2,(H,15,16,18). The Morgan fingerprint density at radius 1 is 1.43 bits per heavy atom. The van der Waals surface area contributed by atoms with Gasteiger partial charge in [-0.05, 0) is 24.1 Å². The van der Waals surface area contributed by atoms with Crippen LogP contribution in [0.4, 0.5) is 11.7 Å². The van der Waals surface area contributed by atoms with E-state index in [1.54, 1.807) is 18.2 Å². The topological polar surface area (TPSA) is 124 Å². The summed E-state index contributed by atoms with van der Waals surface area (Å²) in [4.78, 5) is 25.7. The minimum atomic E-state index is -0.724. The van der Waals surface area contributed by atoms with Crippen molar-refractivity contribution >= 4 is 17.6 Å². The summed E-state index contributed by atoms with van der Waals surface area (Å²) in [6.45, 7) is 0.203. The van der Waals surface area contributed by atoms with Gasteiger partial charge in [0, 0.05) is 0 Å². The summed E-state index contributed by atoms with van der Waals surface area (Å²) in [6, 6.07) is 7.20. The Morgan fingerprint density at radius 2 is 2.24 bits per heavy atom. The molecule has 0 aliphatic heterocycles. The maximum absolute atomic E-state index is 11.9. The van der Waals surface area contributed by atoms with Gasteiger partial charge in [0.2, 0.25) is 0 Å². The second kappa shape index (κ2) is 6.31. The van der Waals surface area contributed by atoms with Crippen LogP contribution in [-0.2, 0) is 0 Å². The number of nitro groups is 1. The molecular weight excluding hydrogens is 276 g/mol. The molecule has 2 aromatic rings. The number of nitrogens with zero attached hydrogens (tertiary/aromatic N) is 2. The third kappa shape index (κ3) is 3.65. The zero-order chi connectivity index (χ0) is 15.2. The molecule has 0 aliphatic carbocycles. The van der Waals surface area contributed by atoms with Gasteiger partial charge in [0.05, 0.1) is 12.6 Å². The molecule has 0 aliphatic rings. The number of amides is 1. The predicted octanol–water partition coefficient (Wildman–Crippen LogP) is 1.15. The van der Waals surface area contributed by atoms with Gasteiger partial charge in [-0.3, -0.25) is 14.9 Å². The quantitative estimate of drug-likeness (QED) is 0.495. The van der Waals surface area contributed by atoms with Gasteiger partial charge < -0.3 is 15.5 Å². The summed E-state index contributed by atoms with van der Waals surface area (Å²) < 4.78 is 4.79. The lowest BCUT2D eigenvalue weighted by Crippen LogP contribution is -2.12. The number of nitrogens with two attached hydrogens (primary N) is 1. The maximum atomic E-state index is 11.9. The van der Waals surface area contributed by atoms with Crippen molar-refractivity contribution in [2.75, 3.05) is 11.9 Å². The van der Waals surface area contributed by atoms with Crippen LogP contribution in [0.5, 0.6) is 0 Å². The van der Waals surface area contributed by atoms with Gasteiger partial charge in [-0.2, -0.15) is 0 Å². The minimum Gasteiger partial charge on any atom is -0.395 e. The SMILES string of the molecule is NCC#Cc1cccc(NC(=O)c2ccc([N+](=O)[O-])o2)n1. The molecule has 0 saturated heterocycles. The Kier molecular flexibility index (Phi) is 4.28. The van der Waals surface area contributed by atoms with Gasteiger partial charge in [0.1, 0.15) is 16.4 Å². The van der Waals surface area contributed by atoms with Crippen molar-refractivity contribution in [3.8, 4) is 11.8 Å². The molecule has 0 fully saturated rings. The highest BCUT2D eigenvalue weighted by Gasteiger charge is 2.17. The molecule has 1 amide bonds. The molecule has 0 saturated carbocycles. The molecule has 0 unspecified atom stereocenters. The number of rotatable bonds is 3. The van der Waals surface area contributed by atoms with E-state index in [0.29, 0.717) is 5.69 Å². The number of furan rings is 1. The second-order valence-electron chi connectivity index (χ2n) is 3.76. The van der Waals surface area contributed by atoms with Gasteiger partial charge in [-0.1, -0.05) is 12.0 Å². The number of anilines is 1. The first kappa shape index (κ1) is 14.2. The van der Waals surface area contributed by atoms with E-state index in [1.165, 1.54) is 6.07 Å². The maximum Gasteiger partial charge on any atom is 0.433 e. The number of hydrogen-bond acceptors (Lipinski definition) is 6. The van der Waals surface area contributed by atoms with Crippen LogP contribution in [0.25, 0.3) is 0 Å². The zero-order valence-electron chi connectivity index (χ0n) is 10.7. The normalized spacial score (nSPS) is 9.57. The lowest BCUT2D eigenvalue weighted by molar-refractivity contribution is -0.402. The highest BCUT2D eigenvalue weighted by Crippen LogP contribution is 2.16. The molecule has 0 bridgehead atoms. The Labute approximate surface area is 119 Å². The van der Waals surface area contributed by atoms with Gasteiger partial charge in [0.25, 0.3) is 5.91 Å². The number of pyridine rings is 1. The summed E-state index contributed by atoms with van der Waals surface area (Å²) in [5.74, 6) is 4.30. The van der Waals surface area contributed by atoms with Crippen LogP contribution < -0.4 is 11.1 Å². The fourth-order valence-corrected chi connectivity index (χ4v) is 1.44. The molecule has 0 spiro atoms. The summed E-state index contributed by atoms with van der Waals surface area (Å²) in [7, 11) is 0. The van der Waals surface area contributed by atoms with Crippen molar-refractivity contribution in [2.45, 2.75) is 0 Å². The first-order valence-electron chi connectivity index (χ1n) is 5.81. The molecule has 2 aromatic heterocycles.